The van der Waals surface area contributed by atoms with Crippen molar-refractivity contribution in [2.75, 3.05) is 13.2 Å². The number of carbonyl (C=O) groups excluding carboxylic acids is 1. The van der Waals surface area contributed by atoms with E-state index in [4.69, 9.17) is 22.1 Å². The Kier molecular flexibility index (Phi) is 9.26. The lowest BCUT2D eigenvalue weighted by Crippen LogP contribution is -2.26. The second kappa shape index (κ2) is 11.7. The van der Waals surface area contributed by atoms with Crippen LogP contribution in [-0.4, -0.2) is 30.9 Å². The first-order chi connectivity index (χ1) is 15.1. The van der Waals surface area contributed by atoms with Gasteiger partial charge in [0.2, 0.25) is 5.91 Å². The van der Waals surface area contributed by atoms with Crippen LogP contribution in [0.2, 0.25) is 5.02 Å². The van der Waals surface area contributed by atoms with Gasteiger partial charge >= 0.3 is 0 Å². The van der Waals surface area contributed by atoms with Gasteiger partial charge in [0.1, 0.15) is 18.2 Å². The van der Waals surface area contributed by atoms with Crippen LogP contribution in [0.3, 0.4) is 0 Å². The second-order valence-corrected chi connectivity index (χ2v) is 8.99. The summed E-state index contributed by atoms with van der Waals surface area (Å²) in [5.74, 6) is 0.612. The summed E-state index contributed by atoms with van der Waals surface area (Å²) in [6.45, 7) is 9.29. The molecule has 32 heavy (non-hydrogen) atoms. The molecule has 2 aromatic rings. The second-order valence-electron chi connectivity index (χ2n) is 7.50. The molecule has 170 valence electrons. The highest BCUT2D eigenvalue weighted by Gasteiger charge is 2.19. The molecule has 1 amide bonds. The number of nitrogens with two attached hydrogens (primary N) is 1. The van der Waals surface area contributed by atoms with Crippen LogP contribution >= 0.6 is 22.9 Å². The van der Waals surface area contributed by atoms with Crippen molar-refractivity contribution in [1.82, 2.24) is 5.32 Å². The van der Waals surface area contributed by atoms with Gasteiger partial charge < -0.3 is 20.9 Å². The Morgan fingerprint density at radius 2 is 2.06 bits per heavy atom. The highest BCUT2D eigenvalue weighted by atomic mass is 35.5. The molecule has 0 aliphatic rings. The molecule has 0 spiro atoms. The van der Waals surface area contributed by atoms with Crippen LogP contribution in [0.4, 0.5) is 0 Å². The van der Waals surface area contributed by atoms with Gasteiger partial charge in [0, 0.05) is 15.8 Å². The third-order valence-corrected chi connectivity index (χ3v) is 6.02. The van der Waals surface area contributed by atoms with Crippen LogP contribution in [-0.2, 0) is 10.4 Å². The number of carbonyl (C=O) groups is 1. The van der Waals surface area contributed by atoms with Gasteiger partial charge in [0.05, 0.1) is 17.2 Å². The Balaban J connectivity index is 1.84. The molecular weight excluding hydrogens is 446 g/mol. The summed E-state index contributed by atoms with van der Waals surface area (Å²) in [6.07, 6.45) is 6.46. The molecule has 4 N–H and O–H groups in total. The van der Waals surface area contributed by atoms with E-state index in [2.05, 4.69) is 17.0 Å². The quantitative estimate of drug-likeness (QED) is 0.200. The van der Waals surface area contributed by atoms with E-state index in [0.29, 0.717) is 23.1 Å². The molecule has 6 nitrogen and oxygen atoms in total. The fourth-order valence-corrected chi connectivity index (χ4v) is 3.76. The maximum atomic E-state index is 11.9. The molecule has 0 saturated heterocycles. The largest absolute Gasteiger partial charge is 0.490 e. The van der Waals surface area contributed by atoms with Gasteiger partial charge in [-0.1, -0.05) is 29.3 Å². The first-order valence-electron chi connectivity index (χ1n) is 9.92. The smallest absolute Gasteiger partial charge is 0.244 e. The van der Waals surface area contributed by atoms with Crippen molar-refractivity contribution in [2.24, 2.45) is 10.7 Å². The number of halogens is 1. The molecule has 0 fully saturated rings. The van der Waals surface area contributed by atoms with Crippen molar-refractivity contribution in [2.45, 2.75) is 26.4 Å². The zero-order valence-electron chi connectivity index (χ0n) is 18.4. The molecule has 0 unspecified atom stereocenters. The minimum atomic E-state index is -0.877. The predicted octanol–water partition coefficient (Wildman–Crippen LogP) is 4.79. The highest BCUT2D eigenvalue weighted by Crippen LogP contribution is 2.36. The summed E-state index contributed by atoms with van der Waals surface area (Å²) < 4.78 is 5.68. The van der Waals surface area contributed by atoms with Crippen LogP contribution in [0.25, 0.3) is 10.4 Å². The molecule has 0 aliphatic heterocycles. The predicted molar refractivity (Wildman–Crippen MR) is 133 cm³/mol. The minimum absolute atomic E-state index is 0.234. The molecule has 2 rings (SSSR count). The highest BCUT2D eigenvalue weighted by molar-refractivity contribution is 7.15. The van der Waals surface area contributed by atoms with Crippen LogP contribution in [0, 0.1) is 0 Å². The third kappa shape index (κ3) is 8.00. The number of hydrogen-bond acceptors (Lipinski definition) is 6. The van der Waals surface area contributed by atoms with Gasteiger partial charge in [-0.15, -0.1) is 11.3 Å². The number of nitrogens with one attached hydrogen (secondary N) is 1. The lowest BCUT2D eigenvalue weighted by molar-refractivity contribution is -0.116. The van der Waals surface area contributed by atoms with Gasteiger partial charge in [-0.25, -0.2) is 4.99 Å². The van der Waals surface area contributed by atoms with Gasteiger partial charge in [-0.05, 0) is 69.5 Å². The Morgan fingerprint density at radius 1 is 1.31 bits per heavy atom. The summed E-state index contributed by atoms with van der Waals surface area (Å²) in [5, 5.41) is 13.4. The maximum Gasteiger partial charge on any atom is 0.244 e. The third-order valence-electron chi connectivity index (χ3n) is 4.28. The van der Waals surface area contributed by atoms with Crippen molar-refractivity contribution in [3.8, 4) is 16.2 Å². The van der Waals surface area contributed by atoms with Gasteiger partial charge in [-0.2, -0.15) is 0 Å². The number of aliphatic imine (C=N–C) groups is 1. The van der Waals surface area contributed by atoms with E-state index in [1.54, 1.807) is 38.1 Å². The summed E-state index contributed by atoms with van der Waals surface area (Å²) in [5.41, 5.74) is 6.44. The zero-order chi connectivity index (χ0) is 23.7. The Bertz CT molecular complexity index is 1050. The fraction of sp³-hybridized carbons (Fsp3) is 0.250. The molecule has 1 aromatic heterocycles. The number of ether oxygens (including phenoxy) is 1. The van der Waals surface area contributed by atoms with Crippen molar-refractivity contribution in [3.63, 3.8) is 0 Å². The average molecular weight is 474 g/mol. The van der Waals surface area contributed by atoms with Gasteiger partial charge in [0.15, 0.2) is 0 Å². The van der Waals surface area contributed by atoms with E-state index in [1.807, 2.05) is 31.2 Å². The molecule has 0 bridgehead atoms. The number of benzene rings is 1. The topological polar surface area (TPSA) is 96.9 Å². The van der Waals surface area contributed by atoms with E-state index < -0.39 is 5.60 Å². The monoisotopic (exact) mass is 473 g/mol. The average Bonchev–Trinajstić information content (AvgIpc) is 3.25. The molecular formula is C24H28ClN3O3S. The van der Waals surface area contributed by atoms with Gasteiger partial charge in [0.25, 0.3) is 0 Å². The molecule has 0 aliphatic carbocycles. The lowest BCUT2D eigenvalue weighted by atomic mass is 10.1. The number of nitrogens with zero attached hydrogens (tertiary/aromatic N) is 1. The first kappa shape index (κ1) is 25.4. The number of rotatable bonds is 10. The molecule has 0 atom stereocenters. The van der Waals surface area contributed by atoms with E-state index in [0.717, 1.165) is 20.9 Å². The van der Waals surface area contributed by atoms with Crippen molar-refractivity contribution in [3.05, 3.63) is 75.9 Å². The number of amides is 1. The molecule has 1 aromatic carbocycles. The van der Waals surface area contributed by atoms with E-state index in [9.17, 15) is 9.90 Å². The standard InChI is InChI=1S/C24H28ClN3O3S/c1-16(5-11-22(26)27-4)6-12-23(29)28-13-14-31-19-8-7-17(15-18(19)25)20-9-10-21(32-20)24(2,3)30/h5-12,15,30H,4,13-14,26H2,1-3H3,(H,28,29)/b12-6+,16-5+,22-11-. The summed E-state index contributed by atoms with van der Waals surface area (Å²) in [6, 6.07) is 9.43. The SMILES string of the molecule is C=N\C(N)=C/C=C(C)/C=C/C(=O)NCCOc1ccc(-c2ccc(C(C)(C)O)s2)cc1Cl. The van der Waals surface area contributed by atoms with Crippen molar-refractivity contribution >= 4 is 35.6 Å². The number of hydrogen-bond donors (Lipinski definition) is 3. The molecule has 1 heterocycles. The van der Waals surface area contributed by atoms with Crippen LogP contribution in [0.1, 0.15) is 25.6 Å². The van der Waals surface area contributed by atoms with E-state index in [-0.39, 0.29) is 12.5 Å². The number of aliphatic hydroxyl groups is 1. The first-order valence-corrected chi connectivity index (χ1v) is 11.1. The van der Waals surface area contributed by atoms with Gasteiger partial charge in [-0.3, -0.25) is 4.79 Å². The Hall–Kier alpha value is -2.87. The Morgan fingerprint density at radius 3 is 2.69 bits per heavy atom. The van der Waals surface area contributed by atoms with E-state index >= 15 is 0 Å². The van der Waals surface area contributed by atoms with Crippen LogP contribution < -0.4 is 15.8 Å². The van der Waals surface area contributed by atoms with Crippen LogP contribution in [0.5, 0.6) is 5.75 Å². The maximum absolute atomic E-state index is 11.9. The summed E-state index contributed by atoms with van der Waals surface area (Å²) in [7, 11) is 0. The molecule has 8 heteroatoms. The lowest BCUT2D eigenvalue weighted by Gasteiger charge is -2.14. The molecule has 0 saturated carbocycles. The van der Waals surface area contributed by atoms with Crippen molar-refractivity contribution < 1.29 is 14.6 Å². The summed E-state index contributed by atoms with van der Waals surface area (Å²) >= 11 is 7.89. The summed E-state index contributed by atoms with van der Waals surface area (Å²) in [4.78, 5) is 17.4. The van der Waals surface area contributed by atoms with E-state index in [1.165, 1.54) is 17.4 Å². The Labute approximate surface area is 197 Å². The number of allylic oxidation sites excluding steroid dienone is 4. The van der Waals surface area contributed by atoms with Crippen LogP contribution in [0.15, 0.2) is 71.0 Å². The normalized spacial score (nSPS) is 12.8. The fourth-order valence-electron chi connectivity index (χ4n) is 2.52. The number of thiophene rings is 1. The zero-order valence-corrected chi connectivity index (χ0v) is 20.0. The molecule has 0 radical (unpaired) electrons. The van der Waals surface area contributed by atoms with Crippen molar-refractivity contribution in [1.29, 1.82) is 0 Å². The minimum Gasteiger partial charge on any atom is -0.490 e.